The number of benzene rings is 2. The second-order valence-corrected chi connectivity index (χ2v) is 17.1. The molecule has 5 aliphatic carbocycles. The minimum atomic E-state index is -1.49. The summed E-state index contributed by atoms with van der Waals surface area (Å²) in [6.45, 7) is 0. The van der Waals surface area contributed by atoms with Gasteiger partial charge in [-0.25, -0.2) is 19.9 Å². The van der Waals surface area contributed by atoms with Crippen LogP contribution < -0.4 is 0 Å². The lowest BCUT2D eigenvalue weighted by molar-refractivity contribution is -0.241. The molecule has 0 amide bonds. The number of aromatic nitrogens is 4. The van der Waals surface area contributed by atoms with E-state index in [0.717, 1.165) is 8.95 Å². The molecule has 2 aromatic carbocycles. The number of ether oxygens (including phenoxy) is 4. The molecule has 2 heterocycles. The molecular formula is C32H26Br2Cl4N4O4. The van der Waals surface area contributed by atoms with Crippen LogP contribution in [0.3, 0.4) is 0 Å². The van der Waals surface area contributed by atoms with E-state index in [0.29, 0.717) is 57.7 Å². The normalized spacial score (nSPS) is 38.7. The molecule has 8 unspecified atom stereocenters. The first-order chi connectivity index (χ1) is 21.9. The van der Waals surface area contributed by atoms with Crippen molar-refractivity contribution in [3.05, 3.63) is 68.1 Å². The number of nitrogens with zero attached hydrogens (tertiary/aromatic N) is 4. The zero-order valence-corrected chi connectivity index (χ0v) is 31.1. The smallest absolute Gasteiger partial charge is 0.219 e. The highest BCUT2D eigenvalue weighted by Crippen LogP contribution is 2.84. The monoisotopic (exact) mass is 828 g/mol. The van der Waals surface area contributed by atoms with E-state index in [-0.39, 0.29) is 23.7 Å². The maximum Gasteiger partial charge on any atom is 0.219 e. The van der Waals surface area contributed by atoms with E-state index in [4.69, 9.17) is 85.3 Å². The van der Waals surface area contributed by atoms with Crippen LogP contribution in [0.2, 0.25) is 0 Å². The molecular weight excluding hydrogens is 806 g/mol. The number of hydrogen-bond acceptors (Lipinski definition) is 8. The molecule has 5 aliphatic rings. The largest absolute Gasteiger partial charge is 0.349 e. The quantitative estimate of drug-likeness (QED) is 0.152. The first-order valence-corrected chi connectivity index (χ1v) is 17.9. The van der Waals surface area contributed by atoms with Crippen molar-refractivity contribution < 1.29 is 18.9 Å². The van der Waals surface area contributed by atoms with Crippen LogP contribution in [-0.4, -0.2) is 59.9 Å². The van der Waals surface area contributed by atoms with E-state index in [1.807, 2.05) is 36.4 Å². The molecule has 0 saturated heterocycles. The predicted octanol–water partition coefficient (Wildman–Crippen LogP) is 7.83. The second kappa shape index (κ2) is 9.44. The zero-order chi connectivity index (χ0) is 32.4. The van der Waals surface area contributed by atoms with E-state index < -0.39 is 31.1 Å². The summed E-state index contributed by atoms with van der Waals surface area (Å²) >= 11 is 38.9. The van der Waals surface area contributed by atoms with Crippen molar-refractivity contribution >= 4 is 100 Å². The molecule has 4 aromatic rings. The van der Waals surface area contributed by atoms with Gasteiger partial charge in [-0.05, 0) is 72.9 Å². The van der Waals surface area contributed by atoms with Crippen molar-refractivity contribution in [1.82, 2.24) is 19.9 Å². The molecule has 4 bridgehead atoms. The van der Waals surface area contributed by atoms with Crippen LogP contribution in [0.4, 0.5) is 0 Å². The zero-order valence-electron chi connectivity index (χ0n) is 24.9. The van der Waals surface area contributed by atoms with Crippen molar-refractivity contribution in [3.8, 4) is 0 Å². The molecule has 0 N–H and O–H groups in total. The molecule has 0 spiro atoms. The molecule has 8 atom stereocenters. The summed E-state index contributed by atoms with van der Waals surface area (Å²) in [6.07, 6.45) is 0.983. The molecule has 0 radical (unpaired) electrons. The number of methoxy groups -OCH3 is 4. The molecule has 46 heavy (non-hydrogen) atoms. The van der Waals surface area contributed by atoms with Crippen LogP contribution in [0.5, 0.6) is 0 Å². The average molecular weight is 832 g/mol. The van der Waals surface area contributed by atoms with E-state index >= 15 is 0 Å². The third-order valence-corrected chi connectivity index (χ3v) is 15.5. The third kappa shape index (κ3) is 2.94. The van der Waals surface area contributed by atoms with Crippen molar-refractivity contribution in [3.63, 3.8) is 0 Å². The van der Waals surface area contributed by atoms with Gasteiger partial charge in [0.2, 0.25) is 11.6 Å². The first kappa shape index (κ1) is 31.1. The van der Waals surface area contributed by atoms with Gasteiger partial charge in [-0.15, -0.1) is 46.4 Å². The van der Waals surface area contributed by atoms with Gasteiger partial charge in [0.05, 0.1) is 44.8 Å². The minimum absolute atomic E-state index is 0.294. The predicted molar refractivity (Wildman–Crippen MR) is 181 cm³/mol. The van der Waals surface area contributed by atoms with Crippen molar-refractivity contribution in [1.29, 1.82) is 0 Å². The van der Waals surface area contributed by atoms with E-state index in [2.05, 4.69) is 31.9 Å². The summed E-state index contributed by atoms with van der Waals surface area (Å²) in [5, 5.41) is 0. The van der Waals surface area contributed by atoms with Gasteiger partial charge in [0.15, 0.2) is 0 Å². The number of halogens is 6. The van der Waals surface area contributed by atoms with Gasteiger partial charge in [-0.1, -0.05) is 31.9 Å². The lowest BCUT2D eigenvalue weighted by atomic mass is 9.59. The Labute approximate surface area is 301 Å². The van der Waals surface area contributed by atoms with Crippen LogP contribution in [-0.2, 0) is 38.4 Å². The number of fused-ring (bicyclic) bond motifs is 18. The van der Waals surface area contributed by atoms with Gasteiger partial charge in [0, 0.05) is 37.4 Å². The van der Waals surface area contributed by atoms with Gasteiger partial charge in [-0.2, -0.15) is 0 Å². The Hall–Kier alpha value is -0.920. The second-order valence-electron chi connectivity index (χ2n) is 12.9. The van der Waals surface area contributed by atoms with Gasteiger partial charge < -0.3 is 18.9 Å². The Morgan fingerprint density at radius 2 is 0.804 bits per heavy atom. The Morgan fingerprint density at radius 1 is 0.522 bits per heavy atom. The van der Waals surface area contributed by atoms with Crippen LogP contribution in [0.1, 0.15) is 35.6 Å². The number of alkyl halides is 4. The van der Waals surface area contributed by atoms with Gasteiger partial charge in [-0.3, -0.25) is 0 Å². The summed E-state index contributed by atoms with van der Waals surface area (Å²) in [7, 11) is 6.29. The summed E-state index contributed by atoms with van der Waals surface area (Å²) in [4.78, 5) is 15.1. The molecule has 8 nitrogen and oxygen atoms in total. The van der Waals surface area contributed by atoms with Crippen molar-refractivity contribution in [2.45, 2.75) is 43.9 Å². The molecule has 3 saturated carbocycles. The van der Waals surface area contributed by atoms with E-state index in [1.54, 1.807) is 28.4 Å². The highest BCUT2D eigenvalue weighted by molar-refractivity contribution is 9.10. The summed E-state index contributed by atoms with van der Waals surface area (Å²) in [5.74, 6) is -4.17. The molecule has 3 fully saturated rings. The van der Waals surface area contributed by atoms with Crippen LogP contribution in [0, 0.1) is 23.7 Å². The molecule has 2 aromatic heterocycles. The van der Waals surface area contributed by atoms with E-state index in [1.165, 1.54) is 0 Å². The Bertz CT molecular complexity index is 1890. The first-order valence-electron chi connectivity index (χ1n) is 14.8. The molecule has 0 aliphatic heterocycles. The van der Waals surface area contributed by atoms with Crippen molar-refractivity contribution in [2.75, 3.05) is 28.4 Å². The summed E-state index contributed by atoms with van der Waals surface area (Å²) in [6, 6.07) is 11.5. The van der Waals surface area contributed by atoms with Crippen LogP contribution in [0.25, 0.3) is 22.1 Å². The fourth-order valence-corrected chi connectivity index (χ4v) is 13.7. The van der Waals surface area contributed by atoms with Gasteiger partial charge in [0.25, 0.3) is 0 Å². The summed E-state index contributed by atoms with van der Waals surface area (Å²) in [5.41, 5.74) is 4.94. The lowest BCUT2D eigenvalue weighted by Gasteiger charge is -2.49. The minimum Gasteiger partial charge on any atom is -0.349 e. The molecule has 9 rings (SSSR count). The number of hydrogen-bond donors (Lipinski definition) is 0. The van der Waals surface area contributed by atoms with Gasteiger partial charge in [0.1, 0.15) is 19.5 Å². The Balaban J connectivity index is 1.29. The van der Waals surface area contributed by atoms with E-state index in [9.17, 15) is 0 Å². The Kier molecular flexibility index (Phi) is 6.38. The van der Waals surface area contributed by atoms with Crippen LogP contribution in [0.15, 0.2) is 45.3 Å². The summed E-state index contributed by atoms with van der Waals surface area (Å²) < 4.78 is 26.9. The fourth-order valence-electron chi connectivity index (χ4n) is 10.2. The van der Waals surface area contributed by atoms with Crippen LogP contribution >= 0.6 is 78.3 Å². The van der Waals surface area contributed by atoms with Crippen molar-refractivity contribution in [2.24, 2.45) is 23.7 Å². The maximum atomic E-state index is 7.94. The fraction of sp³-hybridized carbons (Fsp3) is 0.500. The topological polar surface area (TPSA) is 88.5 Å². The SMILES string of the molecule is COC1(OC)C2(Cl)c3nc4ccc(Br)cc4nc3C1(Cl)C1CC3C(CC12)C1(Cl)c2nc4ccc(Br)cc4nc2C3(Cl)C1(OC)OC. The average Bonchev–Trinajstić information content (AvgIpc) is 3.49. The maximum absolute atomic E-state index is 7.94. The third-order valence-electron chi connectivity index (χ3n) is 11.7. The highest BCUT2D eigenvalue weighted by Gasteiger charge is 2.91. The highest BCUT2D eigenvalue weighted by atomic mass is 79.9. The standard InChI is InChI=1S/C32H26Br2Cl4N4O4/c1-43-31(44-2)27(35)15-11-16-18(12-17(15)29(31,37)25-23(27)39-19-7-5-13(33)9-21(19)41-25)30(38)26-24(28(16,36)32(30,45-3)46-4)40-20-8-6-14(34)10-22(20)42-26/h5-10,15-18H,11-12H2,1-4H3. The molecule has 240 valence electrons. The number of rotatable bonds is 4. The Morgan fingerprint density at radius 3 is 1.09 bits per heavy atom. The van der Waals surface area contributed by atoms with Gasteiger partial charge >= 0.3 is 0 Å². The molecule has 14 heteroatoms. The lowest BCUT2D eigenvalue weighted by Crippen LogP contribution is -2.54.